The molecule has 1 N–H and O–H groups in total. The lowest BCUT2D eigenvalue weighted by molar-refractivity contribution is -0.123. The second kappa shape index (κ2) is 7.34. The van der Waals surface area contributed by atoms with Gasteiger partial charge in [-0.15, -0.1) is 0 Å². The van der Waals surface area contributed by atoms with Crippen molar-refractivity contribution in [1.82, 2.24) is 5.01 Å². The van der Waals surface area contributed by atoms with E-state index in [4.69, 9.17) is 4.74 Å². The van der Waals surface area contributed by atoms with E-state index >= 15 is 0 Å². The van der Waals surface area contributed by atoms with Gasteiger partial charge in [0.15, 0.2) is 12.1 Å². The molecule has 9 nitrogen and oxygen atoms in total. The van der Waals surface area contributed by atoms with Crippen molar-refractivity contribution in [2.45, 2.75) is 19.0 Å². The Labute approximate surface area is 166 Å². The molecular weight excluding hydrogens is 374 g/mol. The minimum atomic E-state index is -0.947. The molecule has 2 aliphatic heterocycles. The van der Waals surface area contributed by atoms with Crippen molar-refractivity contribution in [2.24, 2.45) is 10.3 Å². The smallest absolute Gasteiger partial charge is 0.263 e. The Morgan fingerprint density at radius 2 is 1.76 bits per heavy atom. The first-order valence-corrected chi connectivity index (χ1v) is 9.04. The summed E-state index contributed by atoms with van der Waals surface area (Å²) in [7, 11) is 1.53. The van der Waals surface area contributed by atoms with Gasteiger partial charge in [0.25, 0.3) is 11.8 Å². The topological polar surface area (TPSA) is 104 Å². The van der Waals surface area contributed by atoms with E-state index in [2.05, 4.69) is 15.7 Å². The zero-order valence-electron chi connectivity index (χ0n) is 15.9. The van der Waals surface area contributed by atoms with Crippen molar-refractivity contribution in [1.29, 1.82) is 0 Å². The summed E-state index contributed by atoms with van der Waals surface area (Å²) < 4.78 is 5.10. The molecule has 0 saturated carbocycles. The maximum Gasteiger partial charge on any atom is 0.263 e. The molecule has 2 atom stereocenters. The lowest BCUT2D eigenvalue weighted by Gasteiger charge is -2.20. The van der Waals surface area contributed by atoms with Gasteiger partial charge in [-0.3, -0.25) is 19.4 Å². The second-order valence-electron chi connectivity index (χ2n) is 6.82. The van der Waals surface area contributed by atoms with E-state index in [9.17, 15) is 14.4 Å². The Hall–Kier alpha value is -3.75. The van der Waals surface area contributed by atoms with Gasteiger partial charge in [0.05, 0.1) is 12.8 Å². The van der Waals surface area contributed by atoms with Gasteiger partial charge in [-0.1, -0.05) is 22.9 Å². The van der Waals surface area contributed by atoms with Crippen LogP contribution in [0.1, 0.15) is 5.56 Å². The quantitative estimate of drug-likeness (QED) is 0.782. The largest absolute Gasteiger partial charge is 0.497 e. The molecular formula is C20H19N5O4. The van der Waals surface area contributed by atoms with Crippen LogP contribution in [0.4, 0.5) is 11.4 Å². The van der Waals surface area contributed by atoms with Crippen LogP contribution in [0, 0.1) is 6.92 Å². The van der Waals surface area contributed by atoms with Crippen LogP contribution in [0.5, 0.6) is 5.75 Å². The summed E-state index contributed by atoms with van der Waals surface area (Å²) >= 11 is 0. The third-order valence-corrected chi connectivity index (χ3v) is 4.83. The first-order valence-electron chi connectivity index (χ1n) is 9.04. The van der Waals surface area contributed by atoms with Gasteiger partial charge in [-0.05, 0) is 43.3 Å². The van der Waals surface area contributed by atoms with Gasteiger partial charge < -0.3 is 10.1 Å². The van der Waals surface area contributed by atoms with E-state index in [0.29, 0.717) is 17.1 Å². The first kappa shape index (κ1) is 18.6. The van der Waals surface area contributed by atoms with Crippen LogP contribution in [0.25, 0.3) is 0 Å². The number of imide groups is 1. The standard InChI is InChI=1S/C20H19N5O4/c1-12-3-5-13(6-4-12)21-16(26)11-24-18-17(22-23-24)19(27)25(20(18)28)14-7-9-15(29-2)10-8-14/h3-10,17-18H,11H2,1-2H3,(H,21,26). The van der Waals surface area contributed by atoms with Gasteiger partial charge >= 0.3 is 0 Å². The predicted octanol–water partition coefficient (Wildman–Crippen LogP) is 1.94. The summed E-state index contributed by atoms with van der Waals surface area (Å²) in [4.78, 5) is 39.1. The average Bonchev–Trinajstić information content (AvgIpc) is 3.23. The molecule has 1 saturated heterocycles. The van der Waals surface area contributed by atoms with E-state index < -0.39 is 23.9 Å². The number of anilines is 2. The Kier molecular flexibility index (Phi) is 4.71. The Morgan fingerprint density at radius 1 is 1.07 bits per heavy atom. The van der Waals surface area contributed by atoms with Gasteiger partial charge in [0, 0.05) is 5.69 Å². The lowest BCUT2D eigenvalue weighted by atomic mass is 10.1. The van der Waals surface area contributed by atoms with Crippen molar-refractivity contribution >= 4 is 29.1 Å². The van der Waals surface area contributed by atoms with Gasteiger partial charge in [0.1, 0.15) is 12.3 Å². The zero-order chi connectivity index (χ0) is 20.5. The summed E-state index contributed by atoms with van der Waals surface area (Å²) in [5.41, 5.74) is 2.14. The molecule has 2 heterocycles. The molecule has 148 valence electrons. The van der Waals surface area contributed by atoms with Crippen molar-refractivity contribution in [3.8, 4) is 5.75 Å². The molecule has 0 aliphatic carbocycles. The second-order valence-corrected chi connectivity index (χ2v) is 6.82. The molecule has 4 rings (SSSR count). The third-order valence-electron chi connectivity index (χ3n) is 4.83. The first-order chi connectivity index (χ1) is 14.0. The van der Waals surface area contributed by atoms with E-state index in [1.54, 1.807) is 36.4 Å². The van der Waals surface area contributed by atoms with Crippen LogP contribution in [0.15, 0.2) is 58.9 Å². The maximum atomic E-state index is 12.9. The van der Waals surface area contributed by atoms with E-state index in [-0.39, 0.29) is 12.5 Å². The number of rotatable bonds is 5. The molecule has 0 radical (unpaired) electrons. The fraction of sp³-hybridized carbons (Fsp3) is 0.250. The SMILES string of the molecule is COc1ccc(N2C(=O)C3N=NN(CC(=O)Nc4ccc(C)cc4)C3C2=O)cc1. The Balaban J connectivity index is 1.47. The summed E-state index contributed by atoms with van der Waals surface area (Å²) in [6.45, 7) is 1.77. The minimum Gasteiger partial charge on any atom is -0.497 e. The molecule has 2 aromatic rings. The molecule has 1 fully saturated rings. The van der Waals surface area contributed by atoms with Crippen LogP contribution < -0.4 is 15.0 Å². The molecule has 2 aliphatic rings. The van der Waals surface area contributed by atoms with Crippen molar-refractivity contribution in [3.63, 3.8) is 0 Å². The van der Waals surface area contributed by atoms with Crippen LogP contribution in [0.2, 0.25) is 0 Å². The maximum absolute atomic E-state index is 12.9. The van der Waals surface area contributed by atoms with Gasteiger partial charge in [0.2, 0.25) is 5.91 Å². The molecule has 3 amide bonds. The number of methoxy groups -OCH3 is 1. The van der Waals surface area contributed by atoms with Crippen molar-refractivity contribution < 1.29 is 19.1 Å². The fourth-order valence-corrected chi connectivity index (χ4v) is 3.32. The number of benzene rings is 2. The molecule has 2 unspecified atom stereocenters. The number of carbonyl (C=O) groups excluding carboxylic acids is 3. The summed E-state index contributed by atoms with van der Waals surface area (Å²) in [5.74, 6) is -0.660. The lowest BCUT2D eigenvalue weighted by Crippen LogP contribution is -2.43. The summed E-state index contributed by atoms with van der Waals surface area (Å²) in [6.07, 6.45) is 0. The van der Waals surface area contributed by atoms with Crippen LogP contribution >= 0.6 is 0 Å². The average molecular weight is 393 g/mol. The molecule has 0 aromatic heterocycles. The Bertz CT molecular complexity index is 987. The fourth-order valence-electron chi connectivity index (χ4n) is 3.32. The number of hydrogen-bond acceptors (Lipinski definition) is 7. The molecule has 9 heteroatoms. The third kappa shape index (κ3) is 3.42. The number of aryl methyl sites for hydroxylation is 1. The van der Waals surface area contributed by atoms with Crippen molar-refractivity contribution in [2.75, 3.05) is 23.9 Å². The molecule has 2 aromatic carbocycles. The number of carbonyl (C=O) groups is 3. The number of hydrogen-bond donors (Lipinski definition) is 1. The summed E-state index contributed by atoms with van der Waals surface area (Å²) in [5, 5.41) is 11.8. The number of ether oxygens (including phenoxy) is 1. The number of amides is 3. The van der Waals surface area contributed by atoms with Crippen LogP contribution in [-0.4, -0.2) is 48.5 Å². The number of nitrogens with one attached hydrogen (secondary N) is 1. The Morgan fingerprint density at radius 3 is 2.41 bits per heavy atom. The van der Waals surface area contributed by atoms with Crippen LogP contribution in [0.3, 0.4) is 0 Å². The van der Waals surface area contributed by atoms with E-state index in [1.165, 1.54) is 12.1 Å². The normalized spacial score (nSPS) is 20.2. The summed E-state index contributed by atoms with van der Waals surface area (Å²) in [6, 6.07) is 12.1. The van der Waals surface area contributed by atoms with E-state index in [1.807, 2.05) is 19.1 Å². The highest BCUT2D eigenvalue weighted by Crippen LogP contribution is 2.32. The minimum absolute atomic E-state index is 0.186. The van der Waals surface area contributed by atoms with Gasteiger partial charge in [-0.25, -0.2) is 4.90 Å². The zero-order valence-corrected chi connectivity index (χ0v) is 15.9. The van der Waals surface area contributed by atoms with E-state index in [0.717, 1.165) is 10.5 Å². The molecule has 0 bridgehead atoms. The highest BCUT2D eigenvalue weighted by Gasteiger charge is 2.55. The monoisotopic (exact) mass is 393 g/mol. The van der Waals surface area contributed by atoms with Crippen molar-refractivity contribution in [3.05, 3.63) is 54.1 Å². The van der Waals surface area contributed by atoms with Crippen LogP contribution in [-0.2, 0) is 14.4 Å². The number of nitrogens with zero attached hydrogens (tertiary/aromatic N) is 4. The van der Waals surface area contributed by atoms with Gasteiger partial charge in [-0.2, -0.15) is 5.11 Å². The molecule has 29 heavy (non-hydrogen) atoms. The predicted molar refractivity (Wildman–Crippen MR) is 104 cm³/mol. The molecule has 0 spiro atoms. The highest BCUT2D eigenvalue weighted by atomic mass is 16.5. The highest BCUT2D eigenvalue weighted by molar-refractivity contribution is 6.25. The number of fused-ring (bicyclic) bond motifs is 1.